The number of hydrogen-bond donors (Lipinski definition) is 2. The van der Waals surface area contributed by atoms with E-state index in [1.807, 2.05) is 12.1 Å². The fraction of sp³-hybridized carbons (Fsp3) is 0.385. The highest BCUT2D eigenvalue weighted by molar-refractivity contribution is 5.87. The molecule has 3 heteroatoms. The molecule has 3 rings (SSSR count). The average molecular weight is 216 g/mol. The van der Waals surface area contributed by atoms with Gasteiger partial charge in [-0.25, -0.2) is 0 Å². The topological polar surface area (TPSA) is 51.2 Å². The predicted molar refractivity (Wildman–Crippen MR) is 64.6 cm³/mol. The van der Waals surface area contributed by atoms with Crippen molar-refractivity contribution in [1.29, 1.82) is 0 Å². The van der Waals surface area contributed by atoms with Crippen LogP contribution in [-0.2, 0) is 19.9 Å². The van der Waals surface area contributed by atoms with E-state index in [9.17, 15) is 5.11 Å². The minimum atomic E-state index is 0.264. The summed E-state index contributed by atoms with van der Waals surface area (Å²) in [7, 11) is 2.09. The van der Waals surface area contributed by atoms with Crippen LogP contribution in [0.4, 0.5) is 0 Å². The number of aryl methyl sites for hydroxylation is 1. The zero-order valence-electron chi connectivity index (χ0n) is 9.40. The van der Waals surface area contributed by atoms with Gasteiger partial charge in [0.1, 0.15) is 5.75 Å². The van der Waals surface area contributed by atoms with Crippen molar-refractivity contribution in [3.63, 3.8) is 0 Å². The summed E-state index contributed by atoms with van der Waals surface area (Å²) in [5.74, 6) is 0.333. The standard InChI is InChI=1S/C13H16N2O/c1-15-12-4-2-8(14)6-10(12)11-7-9(16)3-5-13(11)15/h3,5,7-8,16H,2,4,6,14H2,1H3. The zero-order chi connectivity index (χ0) is 11.3. The second-order valence-corrected chi connectivity index (χ2v) is 4.69. The van der Waals surface area contributed by atoms with Crippen LogP contribution < -0.4 is 5.73 Å². The van der Waals surface area contributed by atoms with Gasteiger partial charge in [-0.05, 0) is 43.0 Å². The Hall–Kier alpha value is -1.48. The first-order valence-corrected chi connectivity index (χ1v) is 5.71. The van der Waals surface area contributed by atoms with E-state index in [4.69, 9.17) is 5.73 Å². The number of aromatic nitrogens is 1. The maximum atomic E-state index is 9.57. The molecule has 2 aromatic rings. The van der Waals surface area contributed by atoms with Crippen LogP contribution in [0.3, 0.4) is 0 Å². The molecule has 3 N–H and O–H groups in total. The van der Waals surface area contributed by atoms with Crippen molar-refractivity contribution in [2.45, 2.75) is 25.3 Å². The van der Waals surface area contributed by atoms with E-state index in [1.54, 1.807) is 6.07 Å². The lowest BCUT2D eigenvalue weighted by Crippen LogP contribution is -2.28. The van der Waals surface area contributed by atoms with Gasteiger partial charge in [0.25, 0.3) is 0 Å². The number of nitrogens with two attached hydrogens (primary N) is 1. The Bertz CT molecular complexity index is 557. The second kappa shape index (κ2) is 3.25. The molecular formula is C13H16N2O. The molecule has 0 bridgehead atoms. The number of rotatable bonds is 0. The van der Waals surface area contributed by atoms with Crippen LogP contribution >= 0.6 is 0 Å². The molecule has 1 heterocycles. The van der Waals surface area contributed by atoms with Crippen molar-refractivity contribution in [3.8, 4) is 5.75 Å². The Morgan fingerprint density at radius 1 is 1.44 bits per heavy atom. The summed E-state index contributed by atoms with van der Waals surface area (Å²) in [6.07, 6.45) is 3.03. The first kappa shape index (κ1) is 9.73. The Labute approximate surface area is 94.5 Å². The molecule has 1 aromatic carbocycles. The Morgan fingerprint density at radius 3 is 3.06 bits per heavy atom. The highest BCUT2D eigenvalue weighted by atomic mass is 16.3. The van der Waals surface area contributed by atoms with E-state index in [0.29, 0.717) is 5.75 Å². The first-order chi connectivity index (χ1) is 7.66. The predicted octanol–water partition coefficient (Wildman–Crippen LogP) is 1.70. The number of nitrogens with zero attached hydrogens (tertiary/aromatic N) is 1. The first-order valence-electron chi connectivity index (χ1n) is 5.71. The van der Waals surface area contributed by atoms with Crippen LogP contribution in [0.5, 0.6) is 5.75 Å². The van der Waals surface area contributed by atoms with Gasteiger partial charge in [0.2, 0.25) is 0 Å². The monoisotopic (exact) mass is 216 g/mol. The quantitative estimate of drug-likeness (QED) is 0.704. The summed E-state index contributed by atoms with van der Waals surface area (Å²) >= 11 is 0. The van der Waals surface area contributed by atoms with Crippen LogP contribution in [0, 0.1) is 0 Å². The molecule has 0 aliphatic heterocycles. The molecule has 1 aliphatic carbocycles. The zero-order valence-corrected chi connectivity index (χ0v) is 9.40. The Balaban J connectivity index is 2.33. The molecule has 0 spiro atoms. The highest BCUT2D eigenvalue weighted by Gasteiger charge is 2.22. The van der Waals surface area contributed by atoms with Crippen molar-refractivity contribution in [2.75, 3.05) is 0 Å². The third kappa shape index (κ3) is 1.25. The van der Waals surface area contributed by atoms with Gasteiger partial charge in [-0.2, -0.15) is 0 Å². The fourth-order valence-electron chi connectivity index (χ4n) is 2.79. The molecule has 0 amide bonds. The van der Waals surface area contributed by atoms with Gasteiger partial charge in [0.15, 0.2) is 0 Å². The SMILES string of the molecule is Cn1c2c(c3cc(O)ccc31)CC(N)CC2. The molecule has 1 aromatic heterocycles. The van der Waals surface area contributed by atoms with Gasteiger partial charge < -0.3 is 15.4 Å². The smallest absolute Gasteiger partial charge is 0.116 e. The van der Waals surface area contributed by atoms with E-state index >= 15 is 0 Å². The van der Waals surface area contributed by atoms with Gasteiger partial charge in [-0.3, -0.25) is 0 Å². The highest BCUT2D eigenvalue weighted by Crippen LogP contribution is 2.32. The third-order valence-electron chi connectivity index (χ3n) is 3.64. The molecule has 16 heavy (non-hydrogen) atoms. The number of hydrogen-bond acceptors (Lipinski definition) is 2. The minimum absolute atomic E-state index is 0.264. The molecule has 0 radical (unpaired) electrons. The fourth-order valence-corrected chi connectivity index (χ4v) is 2.79. The normalized spacial score (nSPS) is 20.0. The van der Waals surface area contributed by atoms with Gasteiger partial charge >= 0.3 is 0 Å². The van der Waals surface area contributed by atoms with Crippen LogP contribution in [0.2, 0.25) is 0 Å². The summed E-state index contributed by atoms with van der Waals surface area (Å²) in [5.41, 5.74) is 9.91. The summed E-state index contributed by atoms with van der Waals surface area (Å²) in [6, 6.07) is 5.84. The van der Waals surface area contributed by atoms with E-state index in [0.717, 1.165) is 24.6 Å². The summed E-state index contributed by atoms with van der Waals surface area (Å²) in [6.45, 7) is 0. The average Bonchev–Trinajstić information content (AvgIpc) is 2.52. The van der Waals surface area contributed by atoms with Gasteiger partial charge in [0.05, 0.1) is 0 Å². The van der Waals surface area contributed by atoms with Crippen molar-refractivity contribution in [3.05, 3.63) is 29.5 Å². The van der Waals surface area contributed by atoms with E-state index in [1.165, 1.54) is 16.8 Å². The summed E-state index contributed by atoms with van der Waals surface area (Å²) < 4.78 is 2.23. The molecule has 1 aliphatic rings. The Kier molecular flexibility index (Phi) is 1.98. The maximum absolute atomic E-state index is 9.57. The molecule has 0 saturated carbocycles. The van der Waals surface area contributed by atoms with Crippen molar-refractivity contribution in [2.24, 2.45) is 12.8 Å². The third-order valence-corrected chi connectivity index (χ3v) is 3.64. The molecule has 1 atom stereocenters. The van der Waals surface area contributed by atoms with E-state index in [-0.39, 0.29) is 6.04 Å². The molecule has 0 fully saturated rings. The number of phenols is 1. The van der Waals surface area contributed by atoms with Crippen LogP contribution in [0.1, 0.15) is 17.7 Å². The summed E-state index contributed by atoms with van der Waals surface area (Å²) in [4.78, 5) is 0. The van der Waals surface area contributed by atoms with E-state index < -0.39 is 0 Å². The second-order valence-electron chi connectivity index (χ2n) is 4.69. The summed E-state index contributed by atoms with van der Waals surface area (Å²) in [5, 5.41) is 10.7. The molecule has 3 nitrogen and oxygen atoms in total. The largest absolute Gasteiger partial charge is 0.508 e. The maximum Gasteiger partial charge on any atom is 0.116 e. The molecular weight excluding hydrogens is 200 g/mol. The van der Waals surface area contributed by atoms with Crippen LogP contribution in [0.25, 0.3) is 10.9 Å². The number of benzene rings is 1. The number of fused-ring (bicyclic) bond motifs is 3. The van der Waals surface area contributed by atoms with Crippen molar-refractivity contribution in [1.82, 2.24) is 4.57 Å². The number of aromatic hydroxyl groups is 1. The number of phenolic OH excluding ortho intramolecular Hbond substituents is 1. The van der Waals surface area contributed by atoms with Gasteiger partial charge in [-0.15, -0.1) is 0 Å². The Morgan fingerprint density at radius 2 is 2.25 bits per heavy atom. The van der Waals surface area contributed by atoms with Crippen LogP contribution in [0.15, 0.2) is 18.2 Å². The lowest BCUT2D eigenvalue weighted by atomic mass is 9.92. The minimum Gasteiger partial charge on any atom is -0.508 e. The van der Waals surface area contributed by atoms with Gasteiger partial charge in [-0.1, -0.05) is 0 Å². The van der Waals surface area contributed by atoms with E-state index in [2.05, 4.69) is 11.6 Å². The van der Waals surface area contributed by atoms with Crippen molar-refractivity contribution < 1.29 is 5.11 Å². The molecule has 1 unspecified atom stereocenters. The molecule has 84 valence electrons. The van der Waals surface area contributed by atoms with Crippen LogP contribution in [-0.4, -0.2) is 15.7 Å². The van der Waals surface area contributed by atoms with Crippen molar-refractivity contribution >= 4 is 10.9 Å². The van der Waals surface area contributed by atoms with Gasteiger partial charge in [0, 0.05) is 29.7 Å². The lowest BCUT2D eigenvalue weighted by molar-refractivity contribution is 0.476. The lowest BCUT2D eigenvalue weighted by Gasteiger charge is -2.19. The molecule has 0 saturated heterocycles.